The third-order valence-electron chi connectivity index (χ3n) is 4.33. The number of fused-ring (bicyclic) bond motifs is 1. The average Bonchev–Trinajstić information content (AvgIpc) is 2.59. The number of allylic oxidation sites excluding steroid dienone is 1. The van der Waals surface area contributed by atoms with Crippen LogP contribution in [0, 0.1) is 5.92 Å². The van der Waals surface area contributed by atoms with Crippen molar-refractivity contribution < 1.29 is 13.2 Å². The number of unbranched alkanes of at least 4 members (excludes halogenated alkanes) is 1. The highest BCUT2D eigenvalue weighted by molar-refractivity contribution is 8.00. The second kappa shape index (κ2) is 9.60. The number of benzene rings is 1. The zero-order valence-electron chi connectivity index (χ0n) is 14.7. The zero-order chi connectivity index (χ0) is 19.2. The summed E-state index contributed by atoms with van der Waals surface area (Å²) >= 11 is 2.57. The van der Waals surface area contributed by atoms with Crippen molar-refractivity contribution in [3.8, 4) is 0 Å². The Bertz CT molecular complexity index is 782. The van der Waals surface area contributed by atoms with E-state index in [0.29, 0.717) is 19.3 Å². The van der Waals surface area contributed by atoms with Gasteiger partial charge in [0.25, 0.3) is 0 Å². The monoisotopic (exact) mass is 400 g/mol. The summed E-state index contributed by atoms with van der Waals surface area (Å²) in [5, 5.41) is 0.760. The summed E-state index contributed by atoms with van der Waals surface area (Å²) in [6.45, 7) is 5.48. The van der Waals surface area contributed by atoms with E-state index in [1.165, 1.54) is 11.8 Å². The Morgan fingerprint density at radius 2 is 2.04 bits per heavy atom. The van der Waals surface area contributed by atoms with Gasteiger partial charge in [-0.15, -0.1) is 18.3 Å². The van der Waals surface area contributed by atoms with E-state index in [-0.39, 0.29) is 22.8 Å². The molecule has 142 valence electrons. The van der Waals surface area contributed by atoms with Crippen molar-refractivity contribution in [3.63, 3.8) is 0 Å². The summed E-state index contributed by atoms with van der Waals surface area (Å²) in [6.07, 6.45) is -0.623. The van der Waals surface area contributed by atoms with Crippen LogP contribution in [0.15, 0.2) is 52.7 Å². The Balaban J connectivity index is 2.20. The lowest BCUT2D eigenvalue weighted by Crippen LogP contribution is -2.26. The minimum atomic E-state index is -4.19. The summed E-state index contributed by atoms with van der Waals surface area (Å²) in [5.74, 6) is -1.32. The SMILES string of the molecule is C=CCCCC(CC(CC)Sc1cc(=O)sc2ccccc12)C(F)(F)F. The van der Waals surface area contributed by atoms with Gasteiger partial charge in [-0.25, -0.2) is 0 Å². The van der Waals surface area contributed by atoms with Crippen molar-refractivity contribution in [2.45, 2.75) is 55.3 Å². The van der Waals surface area contributed by atoms with E-state index in [1.807, 2.05) is 31.2 Å². The molecule has 2 unspecified atom stereocenters. The predicted octanol–water partition coefficient (Wildman–Crippen LogP) is 7.06. The van der Waals surface area contributed by atoms with Crippen LogP contribution in [-0.4, -0.2) is 11.4 Å². The van der Waals surface area contributed by atoms with Gasteiger partial charge in [-0.2, -0.15) is 13.2 Å². The lowest BCUT2D eigenvalue weighted by atomic mass is 9.95. The summed E-state index contributed by atoms with van der Waals surface area (Å²) in [4.78, 5) is 12.7. The molecule has 2 rings (SSSR count). The number of hydrogen-bond donors (Lipinski definition) is 0. The quantitative estimate of drug-likeness (QED) is 0.255. The molecule has 1 nitrogen and oxygen atoms in total. The zero-order valence-corrected chi connectivity index (χ0v) is 16.4. The van der Waals surface area contributed by atoms with Crippen molar-refractivity contribution in [1.29, 1.82) is 0 Å². The maximum atomic E-state index is 13.4. The van der Waals surface area contributed by atoms with Crippen LogP contribution >= 0.6 is 23.1 Å². The first-order valence-electron chi connectivity index (χ1n) is 8.72. The van der Waals surface area contributed by atoms with Crippen molar-refractivity contribution in [2.24, 2.45) is 5.92 Å². The summed E-state index contributed by atoms with van der Waals surface area (Å²) < 4.78 is 41.1. The topological polar surface area (TPSA) is 17.1 Å². The predicted molar refractivity (Wildman–Crippen MR) is 106 cm³/mol. The van der Waals surface area contributed by atoms with Gasteiger partial charge in [-0.3, -0.25) is 4.79 Å². The third kappa shape index (κ3) is 5.88. The molecule has 0 fully saturated rings. The maximum absolute atomic E-state index is 13.4. The number of alkyl halides is 3. The highest BCUT2D eigenvalue weighted by Crippen LogP contribution is 2.40. The van der Waals surface area contributed by atoms with Gasteiger partial charge in [0.15, 0.2) is 0 Å². The highest BCUT2D eigenvalue weighted by Gasteiger charge is 2.40. The van der Waals surface area contributed by atoms with Crippen LogP contribution in [0.2, 0.25) is 0 Å². The fraction of sp³-hybridized carbons (Fsp3) is 0.450. The first kappa shape index (κ1) is 21.0. The van der Waals surface area contributed by atoms with E-state index in [4.69, 9.17) is 0 Å². The first-order valence-corrected chi connectivity index (χ1v) is 10.4. The van der Waals surface area contributed by atoms with E-state index < -0.39 is 12.1 Å². The molecule has 0 amide bonds. The van der Waals surface area contributed by atoms with Gasteiger partial charge in [0.1, 0.15) is 0 Å². The van der Waals surface area contributed by atoms with Crippen LogP contribution in [-0.2, 0) is 0 Å². The van der Waals surface area contributed by atoms with Crippen LogP contribution in [0.4, 0.5) is 13.2 Å². The minimum Gasteiger partial charge on any atom is -0.278 e. The Hall–Kier alpha value is -1.27. The molecular formula is C20H23F3OS2. The van der Waals surface area contributed by atoms with Crippen molar-refractivity contribution in [1.82, 2.24) is 0 Å². The van der Waals surface area contributed by atoms with Gasteiger partial charge in [-0.05, 0) is 38.2 Å². The maximum Gasteiger partial charge on any atom is 0.391 e. The molecule has 0 aliphatic rings. The van der Waals surface area contributed by atoms with E-state index >= 15 is 0 Å². The molecule has 0 saturated heterocycles. The standard InChI is InChI=1S/C20H23F3OS2/c1-3-5-6-9-14(20(21,22)23)12-15(4-2)25-18-13-19(24)26-17-11-8-7-10-16(17)18/h3,7-8,10-11,13-15H,1,4-6,9,12H2,2H3. The van der Waals surface area contributed by atoms with Crippen LogP contribution in [0.25, 0.3) is 10.1 Å². The van der Waals surface area contributed by atoms with Gasteiger partial charge in [-0.1, -0.05) is 42.5 Å². The Labute approximate surface area is 160 Å². The summed E-state index contributed by atoms with van der Waals surface area (Å²) in [7, 11) is 0. The van der Waals surface area contributed by atoms with Crippen LogP contribution in [0.3, 0.4) is 0 Å². The van der Waals surface area contributed by atoms with E-state index in [2.05, 4.69) is 6.58 Å². The molecule has 0 radical (unpaired) electrons. The van der Waals surface area contributed by atoms with Gasteiger partial charge in [0, 0.05) is 26.3 Å². The summed E-state index contributed by atoms with van der Waals surface area (Å²) in [5.41, 5.74) is 0. The van der Waals surface area contributed by atoms with Gasteiger partial charge in [0.05, 0.1) is 5.92 Å². The normalized spacial score (nSPS) is 14.3. The van der Waals surface area contributed by atoms with Crippen molar-refractivity contribution in [2.75, 3.05) is 0 Å². The van der Waals surface area contributed by atoms with Crippen LogP contribution in [0.1, 0.15) is 39.0 Å². The smallest absolute Gasteiger partial charge is 0.278 e. The molecule has 0 bridgehead atoms. The average molecular weight is 401 g/mol. The fourth-order valence-electron chi connectivity index (χ4n) is 2.90. The second-order valence-corrected chi connectivity index (χ2v) is 8.66. The minimum absolute atomic E-state index is 0.0700. The number of thioether (sulfide) groups is 1. The molecule has 0 saturated carbocycles. The Kier molecular flexibility index (Phi) is 7.77. The molecule has 0 aliphatic heterocycles. The van der Waals surface area contributed by atoms with E-state index in [0.717, 1.165) is 26.3 Å². The molecule has 0 spiro atoms. The highest BCUT2D eigenvalue weighted by atomic mass is 32.2. The summed E-state index contributed by atoms with van der Waals surface area (Å²) in [6, 6.07) is 9.11. The van der Waals surface area contributed by atoms with E-state index in [1.54, 1.807) is 12.1 Å². The Morgan fingerprint density at radius 3 is 2.69 bits per heavy atom. The van der Waals surface area contributed by atoms with Gasteiger partial charge >= 0.3 is 6.18 Å². The molecule has 26 heavy (non-hydrogen) atoms. The molecule has 1 aromatic heterocycles. The lowest BCUT2D eigenvalue weighted by molar-refractivity contribution is -0.178. The Morgan fingerprint density at radius 1 is 1.31 bits per heavy atom. The first-order chi connectivity index (χ1) is 12.3. The number of hydrogen-bond acceptors (Lipinski definition) is 3. The fourth-order valence-corrected chi connectivity index (χ4v) is 5.20. The third-order valence-corrected chi connectivity index (χ3v) is 6.68. The lowest BCUT2D eigenvalue weighted by Gasteiger charge is -2.25. The molecule has 6 heteroatoms. The molecule has 0 aliphatic carbocycles. The molecule has 2 atom stereocenters. The molecule has 0 N–H and O–H groups in total. The van der Waals surface area contributed by atoms with Crippen LogP contribution in [0.5, 0.6) is 0 Å². The van der Waals surface area contributed by atoms with Crippen molar-refractivity contribution >= 4 is 33.2 Å². The number of rotatable bonds is 9. The van der Waals surface area contributed by atoms with Crippen LogP contribution < -0.4 is 4.74 Å². The number of halogens is 3. The van der Waals surface area contributed by atoms with Gasteiger partial charge in [0.2, 0.25) is 4.74 Å². The largest absolute Gasteiger partial charge is 0.391 e. The van der Waals surface area contributed by atoms with E-state index in [9.17, 15) is 18.0 Å². The second-order valence-electron chi connectivity index (χ2n) is 6.27. The van der Waals surface area contributed by atoms with Gasteiger partial charge < -0.3 is 0 Å². The molecule has 1 aromatic carbocycles. The molecule has 2 aromatic rings. The molecule has 1 heterocycles. The molecular weight excluding hydrogens is 377 g/mol. The van der Waals surface area contributed by atoms with Crippen molar-refractivity contribution in [3.05, 3.63) is 52.5 Å².